The summed E-state index contributed by atoms with van der Waals surface area (Å²) in [7, 11) is 0. The van der Waals surface area contributed by atoms with Gasteiger partial charge < -0.3 is 37.0 Å². The molecule has 13 heteroatoms. The number of aliphatic hydroxyl groups excluding tert-OH is 1. The van der Waals surface area contributed by atoms with Crippen LogP contribution in [0.15, 0.2) is 30.3 Å². The van der Waals surface area contributed by atoms with E-state index in [1.807, 2.05) is 6.26 Å². The molecule has 0 heterocycles. The SMILES string of the molecule is CSCCC(N)C(=O)NC(C(=O)NC(Cc1ccccc1)C(=O)NC(CC(=O)O)C(=O)O)C(C)O. The van der Waals surface area contributed by atoms with Gasteiger partial charge in [0.15, 0.2) is 0 Å². The molecule has 35 heavy (non-hydrogen) atoms. The van der Waals surface area contributed by atoms with Crippen LogP contribution in [-0.4, -0.2) is 87.3 Å². The van der Waals surface area contributed by atoms with Crippen molar-refractivity contribution in [1.82, 2.24) is 16.0 Å². The number of aliphatic carboxylic acids is 2. The number of benzene rings is 1. The number of thioether (sulfide) groups is 1. The molecule has 1 aromatic rings. The Morgan fingerprint density at radius 1 is 0.943 bits per heavy atom. The Bertz CT molecular complexity index is 883. The first-order valence-electron chi connectivity index (χ1n) is 10.8. The number of carbonyl (C=O) groups is 5. The Balaban J connectivity index is 3.07. The minimum atomic E-state index is -1.73. The van der Waals surface area contributed by atoms with E-state index in [9.17, 15) is 34.2 Å². The van der Waals surface area contributed by atoms with Crippen molar-refractivity contribution < 1.29 is 39.3 Å². The molecule has 0 aromatic heterocycles. The van der Waals surface area contributed by atoms with Crippen molar-refractivity contribution in [3.05, 3.63) is 35.9 Å². The van der Waals surface area contributed by atoms with Crippen LogP contribution in [0, 0.1) is 0 Å². The van der Waals surface area contributed by atoms with Gasteiger partial charge in [0.05, 0.1) is 18.6 Å². The number of hydrogen-bond donors (Lipinski definition) is 7. The molecule has 194 valence electrons. The minimum absolute atomic E-state index is 0.0640. The number of amides is 3. The molecule has 0 aliphatic carbocycles. The summed E-state index contributed by atoms with van der Waals surface area (Å²) >= 11 is 1.49. The summed E-state index contributed by atoms with van der Waals surface area (Å²) in [6, 6.07) is 3.09. The van der Waals surface area contributed by atoms with Gasteiger partial charge in [-0.15, -0.1) is 0 Å². The van der Waals surface area contributed by atoms with Gasteiger partial charge in [0.25, 0.3) is 0 Å². The highest BCUT2D eigenvalue weighted by Gasteiger charge is 2.33. The van der Waals surface area contributed by atoms with Gasteiger partial charge in [0, 0.05) is 6.42 Å². The summed E-state index contributed by atoms with van der Waals surface area (Å²) in [6.07, 6.45) is -0.0786. The summed E-state index contributed by atoms with van der Waals surface area (Å²) in [5.41, 5.74) is 6.44. The second-order valence-corrected chi connectivity index (χ2v) is 8.85. The molecule has 8 N–H and O–H groups in total. The van der Waals surface area contributed by atoms with Crippen molar-refractivity contribution in [1.29, 1.82) is 0 Å². The third-order valence-electron chi connectivity index (χ3n) is 4.94. The van der Waals surface area contributed by atoms with E-state index in [0.717, 1.165) is 0 Å². The third kappa shape index (κ3) is 10.8. The quantitative estimate of drug-likeness (QED) is 0.148. The smallest absolute Gasteiger partial charge is 0.326 e. The lowest BCUT2D eigenvalue weighted by Gasteiger charge is -2.26. The van der Waals surface area contributed by atoms with Gasteiger partial charge in [-0.3, -0.25) is 19.2 Å². The van der Waals surface area contributed by atoms with E-state index < -0.39 is 66.4 Å². The third-order valence-corrected chi connectivity index (χ3v) is 5.59. The van der Waals surface area contributed by atoms with Crippen molar-refractivity contribution in [2.45, 2.75) is 56.5 Å². The van der Waals surface area contributed by atoms with Crippen molar-refractivity contribution >= 4 is 41.4 Å². The number of hydrogen-bond acceptors (Lipinski definition) is 8. The van der Waals surface area contributed by atoms with Crippen molar-refractivity contribution in [3.8, 4) is 0 Å². The molecule has 0 spiro atoms. The standard InChI is InChI=1S/C22H32N4O8S/c1-12(27)18(26-19(30)14(23)8-9-35-2)21(32)24-15(10-13-6-4-3-5-7-13)20(31)25-16(22(33)34)11-17(28)29/h3-7,12,14-16,18,27H,8-11,23H2,1-2H3,(H,24,32)(H,25,31)(H,26,30)(H,28,29)(H,33,34). The predicted octanol–water partition coefficient (Wildman–Crippen LogP) is -1.30. The normalized spacial score (nSPS) is 15.1. The Morgan fingerprint density at radius 3 is 2.06 bits per heavy atom. The van der Waals surface area contributed by atoms with Crippen LogP contribution >= 0.6 is 11.8 Å². The van der Waals surface area contributed by atoms with E-state index >= 15 is 0 Å². The number of aliphatic hydroxyl groups is 1. The lowest BCUT2D eigenvalue weighted by molar-refractivity contribution is -0.147. The van der Waals surface area contributed by atoms with Crippen LogP contribution in [0.4, 0.5) is 0 Å². The molecule has 0 aliphatic rings. The Morgan fingerprint density at radius 2 is 1.54 bits per heavy atom. The van der Waals surface area contributed by atoms with Gasteiger partial charge in [-0.25, -0.2) is 4.79 Å². The van der Waals surface area contributed by atoms with Gasteiger partial charge in [-0.1, -0.05) is 30.3 Å². The van der Waals surface area contributed by atoms with Crippen LogP contribution in [0.25, 0.3) is 0 Å². The monoisotopic (exact) mass is 512 g/mol. The van der Waals surface area contributed by atoms with Gasteiger partial charge in [-0.05, 0) is 30.9 Å². The zero-order valence-corrected chi connectivity index (χ0v) is 20.3. The molecule has 0 fully saturated rings. The first-order chi connectivity index (χ1) is 16.5. The summed E-state index contributed by atoms with van der Waals surface area (Å²) in [5, 5.41) is 35.2. The predicted molar refractivity (Wildman–Crippen MR) is 128 cm³/mol. The molecule has 0 aliphatic heterocycles. The van der Waals surface area contributed by atoms with Crippen LogP contribution in [0.1, 0.15) is 25.3 Å². The molecular formula is C22H32N4O8S. The fourth-order valence-corrected chi connectivity index (χ4v) is 3.50. The molecule has 5 unspecified atom stereocenters. The summed E-state index contributed by atoms with van der Waals surface area (Å²) in [5.74, 6) is -4.87. The van der Waals surface area contributed by atoms with Crippen molar-refractivity contribution in [3.63, 3.8) is 0 Å². The van der Waals surface area contributed by atoms with Crippen LogP contribution in [0.5, 0.6) is 0 Å². The molecule has 3 amide bonds. The Hall–Kier alpha value is -3.16. The van der Waals surface area contributed by atoms with Crippen LogP contribution in [-0.2, 0) is 30.4 Å². The van der Waals surface area contributed by atoms with E-state index in [2.05, 4.69) is 16.0 Å². The number of nitrogens with one attached hydrogen (secondary N) is 3. The first kappa shape index (κ1) is 29.9. The Kier molecular flexibility index (Phi) is 12.8. The summed E-state index contributed by atoms with van der Waals surface area (Å²) in [6.45, 7) is 1.28. The molecule has 5 atom stereocenters. The van der Waals surface area contributed by atoms with E-state index in [0.29, 0.717) is 17.7 Å². The van der Waals surface area contributed by atoms with Crippen LogP contribution in [0.2, 0.25) is 0 Å². The number of nitrogens with two attached hydrogens (primary N) is 1. The van der Waals surface area contributed by atoms with E-state index in [-0.39, 0.29) is 6.42 Å². The van der Waals surface area contributed by atoms with E-state index in [1.165, 1.54) is 18.7 Å². The van der Waals surface area contributed by atoms with E-state index in [4.69, 9.17) is 10.8 Å². The highest BCUT2D eigenvalue weighted by Crippen LogP contribution is 2.07. The van der Waals surface area contributed by atoms with Gasteiger partial charge in [-0.2, -0.15) is 11.8 Å². The van der Waals surface area contributed by atoms with Gasteiger partial charge >= 0.3 is 11.9 Å². The molecule has 0 radical (unpaired) electrons. The number of carboxylic acid groups (broad SMARTS) is 2. The van der Waals surface area contributed by atoms with Crippen LogP contribution in [0.3, 0.4) is 0 Å². The zero-order chi connectivity index (χ0) is 26.5. The van der Waals surface area contributed by atoms with E-state index in [1.54, 1.807) is 30.3 Å². The maximum atomic E-state index is 12.9. The number of rotatable bonds is 15. The maximum absolute atomic E-state index is 12.9. The summed E-state index contributed by atoms with van der Waals surface area (Å²) in [4.78, 5) is 60.5. The Labute approximate surface area is 207 Å². The fourth-order valence-electron chi connectivity index (χ4n) is 3.01. The first-order valence-corrected chi connectivity index (χ1v) is 12.2. The average molecular weight is 513 g/mol. The second-order valence-electron chi connectivity index (χ2n) is 7.86. The molecule has 0 saturated carbocycles. The highest BCUT2D eigenvalue weighted by atomic mass is 32.2. The summed E-state index contributed by atoms with van der Waals surface area (Å²) < 4.78 is 0. The van der Waals surface area contributed by atoms with Gasteiger partial charge in [0.1, 0.15) is 18.1 Å². The topological polar surface area (TPSA) is 208 Å². The largest absolute Gasteiger partial charge is 0.481 e. The lowest BCUT2D eigenvalue weighted by atomic mass is 10.0. The van der Waals surface area contributed by atoms with Crippen LogP contribution < -0.4 is 21.7 Å². The number of carbonyl (C=O) groups excluding carboxylic acids is 3. The fraction of sp³-hybridized carbons (Fsp3) is 0.500. The molecule has 0 bridgehead atoms. The maximum Gasteiger partial charge on any atom is 0.326 e. The highest BCUT2D eigenvalue weighted by molar-refractivity contribution is 7.98. The average Bonchev–Trinajstić information content (AvgIpc) is 2.79. The molecule has 0 saturated heterocycles. The number of carboxylic acids is 2. The molecule has 1 aromatic carbocycles. The van der Waals surface area contributed by atoms with Gasteiger partial charge in [0.2, 0.25) is 17.7 Å². The molecule has 12 nitrogen and oxygen atoms in total. The molecule has 1 rings (SSSR count). The second kappa shape index (κ2) is 15.0. The zero-order valence-electron chi connectivity index (χ0n) is 19.5. The molecular weight excluding hydrogens is 480 g/mol. The minimum Gasteiger partial charge on any atom is -0.481 e. The lowest BCUT2D eigenvalue weighted by Crippen LogP contribution is -2.60. The van der Waals surface area contributed by atoms with Crippen molar-refractivity contribution in [2.75, 3.05) is 12.0 Å². The van der Waals surface area contributed by atoms with Crippen molar-refractivity contribution in [2.24, 2.45) is 5.73 Å².